The van der Waals surface area contributed by atoms with Crippen molar-refractivity contribution in [2.75, 3.05) is 19.3 Å². The Kier molecular flexibility index (Phi) is 3.27. The van der Waals surface area contributed by atoms with Gasteiger partial charge in [-0.25, -0.2) is 8.42 Å². The first-order chi connectivity index (χ1) is 10.5. The van der Waals surface area contributed by atoms with E-state index in [-0.39, 0.29) is 5.41 Å². The van der Waals surface area contributed by atoms with Crippen molar-refractivity contribution in [3.63, 3.8) is 0 Å². The van der Waals surface area contributed by atoms with Crippen molar-refractivity contribution >= 4 is 9.84 Å². The van der Waals surface area contributed by atoms with Crippen LogP contribution in [0.1, 0.15) is 24.0 Å². The number of hydrogen-bond donors (Lipinski definition) is 1. The first-order valence-electron chi connectivity index (χ1n) is 7.57. The average molecular weight is 334 g/mol. The summed E-state index contributed by atoms with van der Waals surface area (Å²) >= 11 is 0. The molecular weight excluding hydrogens is 315 g/mol. The summed E-state index contributed by atoms with van der Waals surface area (Å²) in [5.41, 5.74) is -0.356. The van der Waals surface area contributed by atoms with Gasteiger partial charge in [-0.05, 0) is 48.3 Å². The lowest BCUT2D eigenvalue weighted by molar-refractivity contribution is -0.139. The van der Waals surface area contributed by atoms with Crippen LogP contribution in [0, 0.1) is 11.3 Å². The van der Waals surface area contributed by atoms with Gasteiger partial charge < -0.3 is 5.31 Å². The third kappa shape index (κ3) is 2.88. The van der Waals surface area contributed by atoms with E-state index in [1.54, 1.807) is 0 Å². The normalized spacial score (nSPS) is 23.0. The molecule has 7 heteroatoms. The maximum atomic E-state index is 13.1. The van der Waals surface area contributed by atoms with Crippen LogP contribution in [-0.4, -0.2) is 27.8 Å². The van der Waals surface area contributed by atoms with E-state index >= 15 is 0 Å². The van der Waals surface area contributed by atoms with E-state index in [0.717, 1.165) is 44.3 Å². The second-order valence-electron chi connectivity index (χ2n) is 6.62. The fraction of sp³-hybridized carbons (Fsp3) is 0.600. The summed E-state index contributed by atoms with van der Waals surface area (Å²) in [6.45, 7) is 1.48. The highest BCUT2D eigenvalue weighted by molar-refractivity contribution is 7.90. The highest BCUT2D eigenvalue weighted by Crippen LogP contribution is 2.49. The lowest BCUT2D eigenvalue weighted by atomic mass is 9.57. The van der Waals surface area contributed by atoms with Crippen molar-refractivity contribution in [2.45, 2.75) is 30.3 Å². The van der Waals surface area contributed by atoms with E-state index in [2.05, 4.69) is 0 Å². The molecule has 1 aliphatic carbocycles. The first kappa shape index (κ1) is 14.5. The lowest BCUT2D eigenvalue weighted by Crippen LogP contribution is -2.60. The Morgan fingerprint density at radius 1 is 1.36 bits per heavy atom. The van der Waals surface area contributed by atoms with E-state index in [0.29, 0.717) is 17.9 Å². The van der Waals surface area contributed by atoms with Crippen molar-refractivity contribution in [1.82, 2.24) is 5.31 Å². The van der Waals surface area contributed by atoms with Crippen LogP contribution in [0.2, 0.25) is 1.41 Å². The van der Waals surface area contributed by atoms with E-state index in [1.807, 2.05) is 0 Å². The van der Waals surface area contributed by atoms with Crippen LogP contribution < -0.4 is 5.31 Å². The molecule has 0 radical (unpaired) electrons. The zero-order chi connectivity index (χ0) is 17.0. The number of alkyl halides is 3. The molecule has 22 heavy (non-hydrogen) atoms. The minimum Gasteiger partial charge on any atom is -0.316 e. The molecule has 0 aromatic heterocycles. The highest BCUT2D eigenvalue weighted by atomic mass is 32.2. The summed E-state index contributed by atoms with van der Waals surface area (Å²) in [7, 11) is -3.92. The van der Waals surface area contributed by atoms with Gasteiger partial charge in [0.05, 0.1) is 10.5 Å². The summed E-state index contributed by atoms with van der Waals surface area (Å²) in [4.78, 5) is -0.664. The minimum absolute atomic E-state index is 0.200. The smallest absolute Gasteiger partial charge is 0.316 e. The molecule has 1 saturated heterocycles. The molecule has 1 saturated carbocycles. The predicted molar refractivity (Wildman–Crippen MR) is 76.3 cm³/mol. The fourth-order valence-corrected chi connectivity index (χ4v) is 4.47. The number of benzene rings is 1. The van der Waals surface area contributed by atoms with Crippen LogP contribution in [0.4, 0.5) is 13.2 Å². The van der Waals surface area contributed by atoms with E-state index in [9.17, 15) is 21.6 Å². The Labute approximate surface area is 129 Å². The molecule has 0 unspecified atom stereocenters. The van der Waals surface area contributed by atoms with Gasteiger partial charge in [0.15, 0.2) is 9.84 Å². The number of sulfone groups is 1. The van der Waals surface area contributed by atoms with Crippen LogP contribution >= 0.6 is 0 Å². The molecule has 2 fully saturated rings. The second kappa shape index (κ2) is 4.96. The Bertz CT molecular complexity index is 719. The van der Waals surface area contributed by atoms with Crippen LogP contribution in [-0.2, 0) is 22.4 Å². The third-order valence-electron chi connectivity index (χ3n) is 4.61. The van der Waals surface area contributed by atoms with E-state index < -0.39 is 26.5 Å². The fourth-order valence-electron chi connectivity index (χ4n) is 3.58. The van der Waals surface area contributed by atoms with E-state index in [1.165, 1.54) is 11.4 Å². The van der Waals surface area contributed by atoms with E-state index in [4.69, 9.17) is 1.41 Å². The largest absolute Gasteiger partial charge is 0.417 e. The first-order valence-corrected chi connectivity index (χ1v) is 9.02. The van der Waals surface area contributed by atoms with Gasteiger partial charge in [0.2, 0.25) is 0 Å². The molecule has 0 bridgehead atoms. The molecule has 2 aliphatic rings. The van der Waals surface area contributed by atoms with Gasteiger partial charge in [-0.2, -0.15) is 13.2 Å². The number of rotatable bonds is 3. The molecule has 1 aromatic rings. The van der Waals surface area contributed by atoms with Crippen LogP contribution in [0.3, 0.4) is 0 Å². The van der Waals surface area contributed by atoms with Crippen molar-refractivity contribution in [3.05, 3.63) is 29.3 Å². The number of nitrogens with one attached hydrogen (secondary N) is 1. The molecule has 1 N–H and O–H groups in total. The quantitative estimate of drug-likeness (QED) is 0.924. The highest BCUT2D eigenvalue weighted by Gasteiger charge is 2.48. The zero-order valence-electron chi connectivity index (χ0n) is 13.2. The molecular formula is C15H18F3NO2S. The third-order valence-corrected chi connectivity index (χ3v) is 5.77. The van der Waals surface area contributed by atoms with Gasteiger partial charge in [-0.15, -0.1) is 0 Å². The lowest BCUT2D eigenvalue weighted by Gasteiger charge is -2.54. The zero-order valence-corrected chi connectivity index (χ0v) is 13.0. The minimum atomic E-state index is -4.69. The van der Waals surface area contributed by atoms with Crippen LogP contribution in [0.25, 0.3) is 0 Å². The molecule has 3 rings (SSSR count). The van der Waals surface area contributed by atoms with Crippen LogP contribution in [0.15, 0.2) is 23.1 Å². The summed E-state index contributed by atoms with van der Waals surface area (Å²) < 4.78 is 69.9. The number of halogens is 3. The standard InChI is InChI=1S/C15H18F3NO2S/c1-22(20,21)13-3-2-10(5-12(13)15(16,17)18)4-11-6-14(7-11)8-19-9-14/h2-3,5,11,19H,4,6-9H2,1H3/i/hD. The molecule has 1 aromatic carbocycles. The van der Waals surface area contributed by atoms with Crippen molar-refractivity contribution in [1.29, 1.82) is 0 Å². The average Bonchev–Trinajstić information content (AvgIpc) is 2.32. The summed E-state index contributed by atoms with van der Waals surface area (Å²) in [5.74, 6) is 0.314. The SMILES string of the molecule is [2H]N1CC2(CC(Cc3ccc(S(C)(=O)=O)c(C(F)(F)F)c3)C2)C1. The van der Waals surface area contributed by atoms with Crippen molar-refractivity contribution in [2.24, 2.45) is 11.3 Å². The Hall–Kier alpha value is -1.08. The summed E-state index contributed by atoms with van der Waals surface area (Å²) in [5, 5.41) is 1.50. The monoisotopic (exact) mass is 334 g/mol. The second-order valence-corrected chi connectivity index (χ2v) is 8.60. The van der Waals surface area contributed by atoms with Gasteiger partial charge in [0, 0.05) is 19.3 Å². The molecule has 1 aliphatic heterocycles. The maximum Gasteiger partial charge on any atom is 0.417 e. The molecule has 0 atom stereocenters. The van der Waals surface area contributed by atoms with Gasteiger partial charge >= 0.3 is 6.18 Å². The van der Waals surface area contributed by atoms with Crippen molar-refractivity contribution < 1.29 is 23.0 Å². The van der Waals surface area contributed by atoms with Crippen molar-refractivity contribution in [3.8, 4) is 0 Å². The molecule has 122 valence electrons. The molecule has 0 amide bonds. The molecule has 1 spiro atoms. The Morgan fingerprint density at radius 2 is 2.00 bits per heavy atom. The number of hydrogen-bond acceptors (Lipinski definition) is 3. The summed E-state index contributed by atoms with van der Waals surface area (Å²) in [6, 6.07) is 3.52. The predicted octanol–water partition coefficient (Wildman–Crippen LogP) is 2.65. The van der Waals surface area contributed by atoms with Gasteiger partial charge in [-0.1, -0.05) is 6.07 Å². The Morgan fingerprint density at radius 3 is 2.50 bits per heavy atom. The summed E-state index contributed by atoms with van der Waals surface area (Å²) in [6.07, 6.45) is -1.52. The molecule has 1 heterocycles. The topological polar surface area (TPSA) is 46.2 Å². The maximum absolute atomic E-state index is 13.1. The van der Waals surface area contributed by atoms with Gasteiger partial charge in [0.25, 0.3) is 0 Å². The Balaban J connectivity index is 1.77. The van der Waals surface area contributed by atoms with Gasteiger partial charge in [0.1, 0.15) is 1.41 Å². The van der Waals surface area contributed by atoms with Crippen LogP contribution in [0.5, 0.6) is 0 Å². The van der Waals surface area contributed by atoms with Gasteiger partial charge in [-0.3, -0.25) is 0 Å². The molecule has 3 nitrogen and oxygen atoms in total.